The van der Waals surface area contributed by atoms with Gasteiger partial charge in [-0.2, -0.15) is 0 Å². The molecule has 0 aliphatic heterocycles. The van der Waals surface area contributed by atoms with Crippen LogP contribution in [-0.2, 0) is 6.42 Å². The normalized spacial score (nSPS) is 10.2. The predicted octanol–water partition coefficient (Wildman–Crippen LogP) is 3.04. The molecule has 0 fully saturated rings. The summed E-state index contributed by atoms with van der Waals surface area (Å²) < 4.78 is 0. The van der Waals surface area contributed by atoms with E-state index in [0.29, 0.717) is 6.54 Å². The van der Waals surface area contributed by atoms with Crippen LogP contribution < -0.4 is 11.1 Å². The van der Waals surface area contributed by atoms with E-state index in [-0.39, 0.29) is 0 Å². The van der Waals surface area contributed by atoms with Gasteiger partial charge in [-0.3, -0.25) is 0 Å². The van der Waals surface area contributed by atoms with Crippen LogP contribution in [0.5, 0.6) is 0 Å². The van der Waals surface area contributed by atoms with Crippen molar-refractivity contribution in [3.63, 3.8) is 0 Å². The molecule has 0 radical (unpaired) electrons. The summed E-state index contributed by atoms with van der Waals surface area (Å²) in [6, 6.07) is 6.47. The fraction of sp³-hybridized carbons (Fsp3) is 0.429. The summed E-state index contributed by atoms with van der Waals surface area (Å²) in [6.45, 7) is 9.75. The summed E-state index contributed by atoms with van der Waals surface area (Å²) in [7, 11) is 0. The van der Waals surface area contributed by atoms with E-state index in [1.165, 1.54) is 11.1 Å². The lowest BCUT2D eigenvalue weighted by Crippen LogP contribution is -2.13. The summed E-state index contributed by atoms with van der Waals surface area (Å²) in [4.78, 5) is 0. The Balaban J connectivity index is 2.93. The lowest BCUT2D eigenvalue weighted by atomic mass is 9.98. The average Bonchev–Trinajstić information content (AvgIpc) is 2.27. The molecule has 0 unspecified atom stereocenters. The minimum Gasteiger partial charge on any atom is -0.384 e. The molecule has 1 rings (SSSR count). The third kappa shape index (κ3) is 3.38. The number of aryl methyl sites for hydroxylation is 1. The van der Waals surface area contributed by atoms with Crippen LogP contribution in [-0.4, -0.2) is 13.1 Å². The summed E-state index contributed by atoms with van der Waals surface area (Å²) >= 11 is 0. The number of allylic oxidation sites excluding steroid dienone is 1. The van der Waals surface area contributed by atoms with Gasteiger partial charge in [0.05, 0.1) is 0 Å². The minimum atomic E-state index is 0.652. The van der Waals surface area contributed by atoms with E-state index in [4.69, 9.17) is 5.73 Å². The van der Waals surface area contributed by atoms with Crippen molar-refractivity contribution in [2.24, 2.45) is 5.73 Å². The molecule has 0 amide bonds. The van der Waals surface area contributed by atoms with Gasteiger partial charge in [-0.1, -0.05) is 31.6 Å². The molecule has 3 N–H and O–H groups in total. The maximum atomic E-state index is 5.47. The Kier molecular flexibility index (Phi) is 5.06. The smallest absolute Gasteiger partial charge is 0.0346 e. The fourth-order valence-electron chi connectivity index (χ4n) is 1.79. The maximum Gasteiger partial charge on any atom is 0.0346 e. The highest BCUT2D eigenvalue weighted by Crippen LogP contribution is 2.23. The molecule has 16 heavy (non-hydrogen) atoms. The van der Waals surface area contributed by atoms with Crippen LogP contribution in [0, 0.1) is 0 Å². The summed E-state index contributed by atoms with van der Waals surface area (Å²) in [5.41, 5.74) is 10.4. The van der Waals surface area contributed by atoms with Gasteiger partial charge in [0.1, 0.15) is 0 Å². The first-order valence-electron chi connectivity index (χ1n) is 5.91. The van der Waals surface area contributed by atoms with Crippen LogP contribution in [0.15, 0.2) is 24.8 Å². The second-order valence-electron chi connectivity index (χ2n) is 4.12. The van der Waals surface area contributed by atoms with Gasteiger partial charge >= 0.3 is 0 Å². The molecule has 0 aromatic heterocycles. The zero-order chi connectivity index (χ0) is 12.0. The zero-order valence-electron chi connectivity index (χ0n) is 10.3. The molecule has 1 aromatic carbocycles. The van der Waals surface area contributed by atoms with Crippen molar-refractivity contribution in [2.75, 3.05) is 18.4 Å². The van der Waals surface area contributed by atoms with E-state index in [9.17, 15) is 0 Å². The van der Waals surface area contributed by atoms with Crippen LogP contribution >= 0.6 is 0 Å². The van der Waals surface area contributed by atoms with Crippen LogP contribution in [0.3, 0.4) is 0 Å². The van der Waals surface area contributed by atoms with E-state index in [1.54, 1.807) is 0 Å². The Labute approximate surface area is 98.6 Å². The SMILES string of the molecule is C=C(C)c1cc(NCCN)ccc1CCC. The molecule has 1 aromatic rings. The quantitative estimate of drug-likeness (QED) is 0.770. The molecular formula is C14H22N2. The molecule has 0 aliphatic rings. The van der Waals surface area contributed by atoms with E-state index in [1.807, 2.05) is 0 Å². The standard InChI is InChI=1S/C14H22N2/c1-4-5-12-6-7-13(16-9-8-15)10-14(12)11(2)3/h6-7,10,16H,2,4-5,8-9,15H2,1,3H3. The third-order valence-electron chi connectivity index (χ3n) is 2.56. The molecule has 2 heteroatoms. The van der Waals surface area contributed by atoms with Gasteiger partial charge in [-0.05, 0) is 36.6 Å². The highest BCUT2D eigenvalue weighted by Gasteiger charge is 2.03. The fourth-order valence-corrected chi connectivity index (χ4v) is 1.79. The van der Waals surface area contributed by atoms with Crippen LogP contribution in [0.1, 0.15) is 31.4 Å². The molecule has 0 atom stereocenters. The first-order chi connectivity index (χ1) is 7.69. The Morgan fingerprint density at radius 2 is 2.19 bits per heavy atom. The van der Waals surface area contributed by atoms with Crippen molar-refractivity contribution in [1.29, 1.82) is 0 Å². The van der Waals surface area contributed by atoms with E-state index in [2.05, 4.69) is 43.9 Å². The summed E-state index contributed by atoms with van der Waals surface area (Å²) in [5, 5.41) is 3.29. The van der Waals surface area contributed by atoms with Crippen molar-refractivity contribution in [1.82, 2.24) is 0 Å². The van der Waals surface area contributed by atoms with Gasteiger partial charge in [0, 0.05) is 18.8 Å². The van der Waals surface area contributed by atoms with Crippen LogP contribution in [0.25, 0.3) is 5.57 Å². The Morgan fingerprint density at radius 1 is 1.44 bits per heavy atom. The third-order valence-corrected chi connectivity index (χ3v) is 2.56. The van der Waals surface area contributed by atoms with Crippen molar-refractivity contribution in [2.45, 2.75) is 26.7 Å². The molecule has 0 aliphatic carbocycles. The lowest BCUT2D eigenvalue weighted by molar-refractivity contribution is 0.918. The van der Waals surface area contributed by atoms with Crippen LogP contribution in [0.4, 0.5) is 5.69 Å². The largest absolute Gasteiger partial charge is 0.384 e. The molecule has 0 bridgehead atoms. The number of nitrogens with two attached hydrogens (primary N) is 1. The Morgan fingerprint density at radius 3 is 2.75 bits per heavy atom. The number of nitrogens with one attached hydrogen (secondary N) is 1. The average molecular weight is 218 g/mol. The van der Waals surface area contributed by atoms with E-state index >= 15 is 0 Å². The molecule has 0 saturated carbocycles. The molecular weight excluding hydrogens is 196 g/mol. The minimum absolute atomic E-state index is 0.652. The van der Waals surface area contributed by atoms with Crippen molar-refractivity contribution >= 4 is 11.3 Å². The second-order valence-corrected chi connectivity index (χ2v) is 4.12. The van der Waals surface area contributed by atoms with Gasteiger partial charge in [0.25, 0.3) is 0 Å². The van der Waals surface area contributed by atoms with Gasteiger partial charge in [0.15, 0.2) is 0 Å². The summed E-state index contributed by atoms with van der Waals surface area (Å²) in [6.07, 6.45) is 2.27. The molecule has 0 spiro atoms. The number of rotatable bonds is 6. The van der Waals surface area contributed by atoms with Crippen molar-refractivity contribution in [3.05, 3.63) is 35.9 Å². The molecule has 0 saturated heterocycles. The highest BCUT2D eigenvalue weighted by atomic mass is 14.9. The predicted molar refractivity (Wildman–Crippen MR) is 72.7 cm³/mol. The Bertz CT molecular complexity index is 356. The maximum absolute atomic E-state index is 5.47. The van der Waals surface area contributed by atoms with Gasteiger partial charge in [0.2, 0.25) is 0 Å². The van der Waals surface area contributed by atoms with Gasteiger partial charge < -0.3 is 11.1 Å². The van der Waals surface area contributed by atoms with Gasteiger partial charge in [-0.25, -0.2) is 0 Å². The highest BCUT2D eigenvalue weighted by molar-refractivity contribution is 5.68. The molecule has 0 heterocycles. The lowest BCUT2D eigenvalue weighted by Gasteiger charge is -2.12. The van der Waals surface area contributed by atoms with Crippen LogP contribution in [0.2, 0.25) is 0 Å². The van der Waals surface area contributed by atoms with Crippen molar-refractivity contribution < 1.29 is 0 Å². The first kappa shape index (κ1) is 12.8. The number of hydrogen-bond donors (Lipinski definition) is 2. The molecule has 2 nitrogen and oxygen atoms in total. The Hall–Kier alpha value is -1.28. The van der Waals surface area contributed by atoms with Crippen molar-refractivity contribution in [3.8, 4) is 0 Å². The zero-order valence-corrected chi connectivity index (χ0v) is 10.3. The second kappa shape index (κ2) is 6.33. The van der Waals surface area contributed by atoms with E-state index in [0.717, 1.165) is 30.6 Å². The molecule has 88 valence electrons. The van der Waals surface area contributed by atoms with E-state index < -0.39 is 0 Å². The number of anilines is 1. The summed E-state index contributed by atoms with van der Waals surface area (Å²) in [5.74, 6) is 0. The number of benzene rings is 1. The first-order valence-corrected chi connectivity index (χ1v) is 5.91. The monoisotopic (exact) mass is 218 g/mol. The number of hydrogen-bond acceptors (Lipinski definition) is 2. The van der Waals surface area contributed by atoms with Gasteiger partial charge in [-0.15, -0.1) is 0 Å². The topological polar surface area (TPSA) is 38.0 Å².